The van der Waals surface area contributed by atoms with Gasteiger partial charge >= 0.3 is 0 Å². The Balaban J connectivity index is 2.27. The molecule has 0 aromatic heterocycles. The van der Waals surface area contributed by atoms with Crippen LogP contribution in [0.3, 0.4) is 0 Å². The molecule has 1 aromatic rings. The molecule has 7 heteroatoms. The molecular weight excluding hydrogens is 379 g/mol. The number of carbonyl (C=O) groups is 2. The summed E-state index contributed by atoms with van der Waals surface area (Å²) in [4.78, 5) is 28.3. The maximum absolute atomic E-state index is 11.7. The van der Waals surface area contributed by atoms with Crippen LogP contribution in [0, 0.1) is 3.57 Å². The molecule has 0 bridgehead atoms. The molecule has 0 radical (unpaired) electrons. The molecule has 1 aromatic carbocycles. The largest absolute Gasteiger partial charge is 0.549 e. The normalized spacial score (nSPS) is 21.8. The van der Waals surface area contributed by atoms with E-state index < -0.39 is 11.2 Å². The molecular formula is C12H10IN2O3S-. The van der Waals surface area contributed by atoms with Crippen LogP contribution in [-0.4, -0.2) is 34.2 Å². The van der Waals surface area contributed by atoms with Crippen molar-refractivity contribution in [1.82, 2.24) is 4.90 Å². The van der Waals surface area contributed by atoms with Crippen molar-refractivity contribution in [2.24, 2.45) is 4.99 Å². The Labute approximate surface area is 128 Å². The minimum atomic E-state index is -1.23. The number of carboxylic acid groups (broad SMARTS) is 1. The van der Waals surface area contributed by atoms with Crippen LogP contribution in [0.5, 0.6) is 0 Å². The van der Waals surface area contributed by atoms with Gasteiger partial charge in [-0.1, -0.05) is 11.8 Å². The second-order valence-corrected chi connectivity index (χ2v) is 6.37. The first-order chi connectivity index (χ1) is 8.97. The number of rotatable bonds is 2. The molecule has 1 aliphatic rings. The van der Waals surface area contributed by atoms with Gasteiger partial charge < -0.3 is 9.90 Å². The Morgan fingerprint density at radius 3 is 2.68 bits per heavy atom. The van der Waals surface area contributed by atoms with Gasteiger partial charge in [-0.15, -0.1) is 0 Å². The quantitative estimate of drug-likeness (QED) is 0.708. The van der Waals surface area contributed by atoms with Crippen LogP contribution in [0.1, 0.15) is 6.42 Å². The summed E-state index contributed by atoms with van der Waals surface area (Å²) < 4.78 is 1.08. The van der Waals surface area contributed by atoms with Crippen molar-refractivity contribution < 1.29 is 14.7 Å². The first kappa shape index (κ1) is 14.3. The molecule has 0 spiro atoms. The molecule has 5 nitrogen and oxygen atoms in total. The Morgan fingerprint density at radius 2 is 2.11 bits per heavy atom. The molecule has 2 rings (SSSR count). The van der Waals surface area contributed by atoms with Crippen LogP contribution in [0.2, 0.25) is 0 Å². The monoisotopic (exact) mass is 389 g/mol. The minimum absolute atomic E-state index is 0.0603. The molecule has 100 valence electrons. The van der Waals surface area contributed by atoms with Crippen molar-refractivity contribution in [1.29, 1.82) is 0 Å². The summed E-state index contributed by atoms with van der Waals surface area (Å²) in [5.74, 6) is -1.50. The number of nitrogens with zero attached hydrogens (tertiary/aromatic N) is 2. The zero-order valence-corrected chi connectivity index (χ0v) is 13.0. The van der Waals surface area contributed by atoms with Gasteiger partial charge in [-0.3, -0.25) is 9.69 Å². The number of hydrogen-bond donors (Lipinski definition) is 0. The van der Waals surface area contributed by atoms with Gasteiger partial charge in [-0.2, -0.15) is 0 Å². The van der Waals surface area contributed by atoms with Crippen molar-refractivity contribution >= 4 is 57.1 Å². The Hall–Kier alpha value is -1.09. The maximum atomic E-state index is 11.7. The second kappa shape index (κ2) is 5.91. The number of aliphatic imine (C=N–C) groups is 1. The van der Waals surface area contributed by atoms with Gasteiger partial charge in [0.2, 0.25) is 5.91 Å². The van der Waals surface area contributed by atoms with Gasteiger partial charge in [-0.25, -0.2) is 4.99 Å². The number of carboxylic acids is 1. The molecule has 1 atom stereocenters. The molecule has 1 saturated heterocycles. The Kier molecular flexibility index (Phi) is 4.46. The number of amides is 1. The average Bonchev–Trinajstić information content (AvgIpc) is 2.37. The van der Waals surface area contributed by atoms with Crippen molar-refractivity contribution in [3.8, 4) is 0 Å². The van der Waals surface area contributed by atoms with Crippen LogP contribution in [0.15, 0.2) is 29.3 Å². The third-order valence-corrected chi connectivity index (χ3v) is 4.52. The number of halogens is 1. The second-order valence-electron chi connectivity index (χ2n) is 3.95. The van der Waals surface area contributed by atoms with Crippen molar-refractivity contribution in [3.63, 3.8) is 0 Å². The van der Waals surface area contributed by atoms with E-state index >= 15 is 0 Å². The maximum Gasteiger partial charge on any atom is 0.229 e. The van der Waals surface area contributed by atoms with Gasteiger partial charge in [0.15, 0.2) is 5.17 Å². The summed E-state index contributed by atoms with van der Waals surface area (Å²) in [6, 6.07) is 7.42. The van der Waals surface area contributed by atoms with Crippen LogP contribution in [-0.2, 0) is 9.59 Å². The molecule has 1 aliphatic heterocycles. The molecule has 0 unspecified atom stereocenters. The summed E-state index contributed by atoms with van der Waals surface area (Å²) in [5, 5.41) is 10.4. The molecule has 0 aliphatic carbocycles. The Bertz CT molecular complexity index is 544. The summed E-state index contributed by atoms with van der Waals surface area (Å²) in [6.07, 6.45) is -0.0603. The lowest BCUT2D eigenvalue weighted by atomic mass is 10.3. The highest BCUT2D eigenvalue weighted by atomic mass is 127. The summed E-state index contributed by atoms with van der Waals surface area (Å²) in [7, 11) is 1.59. The van der Waals surface area contributed by atoms with E-state index in [-0.39, 0.29) is 12.3 Å². The molecule has 1 heterocycles. The fourth-order valence-electron chi connectivity index (χ4n) is 1.51. The SMILES string of the molecule is CN1C(=O)C[C@@H](C(=O)[O-])SC1=Nc1ccc(I)cc1. The topological polar surface area (TPSA) is 72.8 Å². The predicted octanol–water partition coefficient (Wildman–Crippen LogP) is 0.993. The zero-order valence-electron chi connectivity index (χ0n) is 10.00. The highest BCUT2D eigenvalue weighted by Crippen LogP contribution is 2.27. The Morgan fingerprint density at radius 1 is 1.47 bits per heavy atom. The number of amidine groups is 1. The van der Waals surface area contributed by atoms with Gasteiger partial charge in [-0.05, 0) is 46.9 Å². The minimum Gasteiger partial charge on any atom is -0.549 e. The summed E-state index contributed by atoms with van der Waals surface area (Å²) >= 11 is 3.22. The fraction of sp³-hybridized carbons (Fsp3) is 0.250. The fourth-order valence-corrected chi connectivity index (χ4v) is 2.86. The zero-order chi connectivity index (χ0) is 14.0. The summed E-state index contributed by atoms with van der Waals surface area (Å²) in [5.41, 5.74) is 0.682. The van der Waals surface area contributed by atoms with E-state index in [9.17, 15) is 14.7 Å². The molecule has 1 amide bonds. The van der Waals surface area contributed by atoms with Crippen LogP contribution in [0.4, 0.5) is 5.69 Å². The summed E-state index contributed by atoms with van der Waals surface area (Å²) in [6.45, 7) is 0. The van der Waals surface area contributed by atoms with Gasteiger partial charge in [0.1, 0.15) is 0 Å². The molecule has 0 N–H and O–H groups in total. The van der Waals surface area contributed by atoms with Crippen molar-refractivity contribution in [3.05, 3.63) is 27.8 Å². The van der Waals surface area contributed by atoms with E-state index in [0.29, 0.717) is 10.9 Å². The first-order valence-electron chi connectivity index (χ1n) is 5.45. The number of carbonyl (C=O) groups excluding carboxylic acids is 2. The average molecular weight is 389 g/mol. The third kappa shape index (κ3) is 3.47. The van der Waals surface area contributed by atoms with E-state index in [4.69, 9.17) is 0 Å². The van der Waals surface area contributed by atoms with Crippen LogP contribution < -0.4 is 5.11 Å². The van der Waals surface area contributed by atoms with E-state index in [1.54, 1.807) is 7.05 Å². The van der Waals surface area contributed by atoms with Gasteiger partial charge in [0.25, 0.3) is 0 Å². The number of benzene rings is 1. The highest BCUT2D eigenvalue weighted by Gasteiger charge is 2.30. The molecule has 19 heavy (non-hydrogen) atoms. The van der Waals surface area contributed by atoms with Gasteiger partial charge in [0.05, 0.1) is 16.9 Å². The molecule has 1 fully saturated rings. The van der Waals surface area contributed by atoms with E-state index in [1.807, 2.05) is 24.3 Å². The standard InChI is InChI=1S/C12H11IN2O3S/c1-15-10(16)6-9(11(17)18)19-12(15)14-8-4-2-7(13)3-5-8/h2-5,9H,6H2,1H3,(H,17,18)/p-1/t9-/m0/s1. The number of thioether (sulfide) groups is 1. The first-order valence-corrected chi connectivity index (χ1v) is 7.41. The van der Waals surface area contributed by atoms with Crippen LogP contribution >= 0.6 is 34.4 Å². The van der Waals surface area contributed by atoms with Crippen molar-refractivity contribution in [2.75, 3.05) is 7.05 Å². The van der Waals surface area contributed by atoms with E-state index in [1.165, 1.54) is 4.90 Å². The van der Waals surface area contributed by atoms with Gasteiger partial charge in [0, 0.05) is 17.0 Å². The molecule has 0 saturated carbocycles. The lowest BCUT2D eigenvalue weighted by Crippen LogP contribution is -2.45. The van der Waals surface area contributed by atoms with Crippen LogP contribution in [0.25, 0.3) is 0 Å². The van der Waals surface area contributed by atoms with E-state index in [0.717, 1.165) is 15.3 Å². The smallest absolute Gasteiger partial charge is 0.229 e. The van der Waals surface area contributed by atoms with Crippen molar-refractivity contribution in [2.45, 2.75) is 11.7 Å². The third-order valence-electron chi connectivity index (χ3n) is 2.58. The number of hydrogen-bond acceptors (Lipinski definition) is 5. The number of aliphatic carboxylic acids is 1. The predicted molar refractivity (Wildman–Crippen MR) is 80.0 cm³/mol. The van der Waals surface area contributed by atoms with E-state index in [2.05, 4.69) is 27.6 Å². The highest BCUT2D eigenvalue weighted by molar-refractivity contribution is 14.1. The lowest BCUT2D eigenvalue weighted by molar-refractivity contribution is -0.304. The lowest BCUT2D eigenvalue weighted by Gasteiger charge is -2.29.